The zero-order chi connectivity index (χ0) is 19.6. The average Bonchev–Trinajstić information content (AvgIpc) is 3.11. The number of piperidine rings is 1. The Hall–Kier alpha value is -2.18. The predicted molar refractivity (Wildman–Crippen MR) is 114 cm³/mol. The fourth-order valence-corrected chi connectivity index (χ4v) is 5.52. The second-order valence-corrected chi connectivity index (χ2v) is 8.94. The third-order valence-corrected chi connectivity index (χ3v) is 7.14. The summed E-state index contributed by atoms with van der Waals surface area (Å²) in [7, 11) is 0. The van der Waals surface area contributed by atoms with Crippen LogP contribution in [0.5, 0.6) is 0 Å². The van der Waals surface area contributed by atoms with E-state index < -0.39 is 0 Å². The van der Waals surface area contributed by atoms with E-state index >= 15 is 0 Å². The summed E-state index contributed by atoms with van der Waals surface area (Å²) in [5.41, 5.74) is 1.42. The summed E-state index contributed by atoms with van der Waals surface area (Å²) >= 11 is 7.90. The Bertz CT molecular complexity index is 869. The van der Waals surface area contributed by atoms with Gasteiger partial charge in [0.05, 0.1) is 4.87 Å². The summed E-state index contributed by atoms with van der Waals surface area (Å²) in [6.45, 7) is 1.99. The van der Waals surface area contributed by atoms with Crippen LogP contribution in [0.15, 0.2) is 54.6 Å². The Labute approximate surface area is 174 Å². The molecule has 0 atom stereocenters. The monoisotopic (exact) mass is 415 g/mol. The molecule has 2 aliphatic rings. The molecule has 1 N–H and O–H groups in total. The lowest BCUT2D eigenvalue weighted by atomic mass is 10.0. The third-order valence-electron chi connectivity index (χ3n) is 5.35. The lowest BCUT2D eigenvalue weighted by molar-refractivity contribution is 0.0585. The van der Waals surface area contributed by atoms with Gasteiger partial charge in [0.1, 0.15) is 0 Å². The van der Waals surface area contributed by atoms with Gasteiger partial charge in [-0.1, -0.05) is 35.9 Å². The van der Waals surface area contributed by atoms with Crippen LogP contribution in [0, 0.1) is 0 Å². The molecule has 4 rings (SSSR count). The number of benzene rings is 2. The third kappa shape index (κ3) is 3.84. The quantitative estimate of drug-likeness (QED) is 0.782. The number of carbonyl (C=O) groups excluding carboxylic acids is 2. The summed E-state index contributed by atoms with van der Waals surface area (Å²) in [5, 5.41) is 3.51. The summed E-state index contributed by atoms with van der Waals surface area (Å²) in [6.07, 6.45) is 1.54. The van der Waals surface area contributed by atoms with E-state index in [-0.39, 0.29) is 16.8 Å². The van der Waals surface area contributed by atoms with Crippen LogP contribution in [0.25, 0.3) is 0 Å². The SMILES string of the molecule is O=C(Nc1ccccc1)N1CCC2(CC1)SCCN2C(=O)c1cccc(Cl)c1. The van der Waals surface area contributed by atoms with Gasteiger partial charge in [0, 0.05) is 41.7 Å². The second-order valence-electron chi connectivity index (χ2n) is 7.05. The molecule has 2 fully saturated rings. The van der Waals surface area contributed by atoms with Gasteiger partial charge >= 0.3 is 6.03 Å². The maximum absolute atomic E-state index is 13.1. The molecule has 28 heavy (non-hydrogen) atoms. The maximum atomic E-state index is 13.1. The zero-order valence-corrected chi connectivity index (χ0v) is 17.0. The molecule has 0 saturated carbocycles. The molecule has 2 aromatic rings. The van der Waals surface area contributed by atoms with Crippen LogP contribution in [0.4, 0.5) is 10.5 Å². The first-order valence-electron chi connectivity index (χ1n) is 9.40. The number of nitrogens with zero attached hydrogens (tertiary/aromatic N) is 2. The molecule has 0 aliphatic carbocycles. The molecule has 5 nitrogen and oxygen atoms in total. The zero-order valence-electron chi connectivity index (χ0n) is 15.4. The minimum atomic E-state index is -0.233. The number of para-hydroxylation sites is 1. The van der Waals surface area contributed by atoms with Crippen molar-refractivity contribution in [3.63, 3.8) is 0 Å². The number of amides is 3. The molecule has 0 aromatic heterocycles. The smallest absolute Gasteiger partial charge is 0.321 e. The molecular weight excluding hydrogens is 394 g/mol. The van der Waals surface area contributed by atoms with Crippen LogP contribution in [0.3, 0.4) is 0 Å². The highest BCUT2D eigenvalue weighted by Gasteiger charge is 2.47. The molecule has 0 unspecified atom stereocenters. The maximum Gasteiger partial charge on any atom is 0.321 e. The molecule has 0 bridgehead atoms. The van der Waals surface area contributed by atoms with E-state index in [1.807, 2.05) is 64.0 Å². The van der Waals surface area contributed by atoms with Crippen LogP contribution in [0.2, 0.25) is 5.02 Å². The number of urea groups is 1. The average molecular weight is 416 g/mol. The molecule has 1 spiro atoms. The van der Waals surface area contributed by atoms with Crippen molar-refractivity contribution in [3.8, 4) is 0 Å². The normalized spacial score (nSPS) is 18.3. The molecular formula is C21H22ClN3O2S. The topological polar surface area (TPSA) is 52.7 Å². The molecule has 146 valence electrons. The summed E-state index contributed by atoms with van der Waals surface area (Å²) in [4.78, 5) is 29.2. The molecule has 2 heterocycles. The van der Waals surface area contributed by atoms with Crippen LogP contribution < -0.4 is 5.32 Å². The van der Waals surface area contributed by atoms with Gasteiger partial charge in [0.15, 0.2) is 0 Å². The standard InChI is InChI=1S/C21H22ClN3O2S/c22-17-6-4-5-16(15-17)19(26)25-13-14-28-21(25)9-11-24(12-10-21)20(27)23-18-7-2-1-3-8-18/h1-8,15H,9-14H2,(H,23,27). The van der Waals surface area contributed by atoms with Gasteiger partial charge in [-0.05, 0) is 43.2 Å². The van der Waals surface area contributed by atoms with Crippen molar-refractivity contribution in [3.05, 3.63) is 65.2 Å². The largest absolute Gasteiger partial charge is 0.324 e. The summed E-state index contributed by atoms with van der Waals surface area (Å²) < 4.78 is 0. The van der Waals surface area contributed by atoms with Crippen molar-refractivity contribution in [2.24, 2.45) is 0 Å². The second kappa shape index (κ2) is 8.05. The minimum absolute atomic E-state index is 0.0229. The molecule has 2 aliphatic heterocycles. The highest BCUT2D eigenvalue weighted by atomic mass is 35.5. The van der Waals surface area contributed by atoms with Crippen molar-refractivity contribution in [2.75, 3.05) is 30.7 Å². The van der Waals surface area contributed by atoms with Gasteiger partial charge < -0.3 is 15.1 Å². The number of thioether (sulfide) groups is 1. The van der Waals surface area contributed by atoms with Gasteiger partial charge in [0.25, 0.3) is 5.91 Å². The van der Waals surface area contributed by atoms with Gasteiger partial charge in [-0.25, -0.2) is 4.79 Å². The van der Waals surface area contributed by atoms with Crippen LogP contribution in [-0.4, -0.2) is 52.0 Å². The van der Waals surface area contributed by atoms with Crippen molar-refractivity contribution >= 4 is 41.0 Å². The van der Waals surface area contributed by atoms with Crippen LogP contribution in [0.1, 0.15) is 23.2 Å². The van der Waals surface area contributed by atoms with Gasteiger partial charge in [-0.15, -0.1) is 11.8 Å². The fourth-order valence-electron chi connectivity index (χ4n) is 3.87. The van der Waals surface area contributed by atoms with Crippen molar-refractivity contribution < 1.29 is 9.59 Å². The fraction of sp³-hybridized carbons (Fsp3) is 0.333. The van der Waals surface area contributed by atoms with E-state index in [2.05, 4.69) is 5.32 Å². The number of hydrogen-bond donors (Lipinski definition) is 1. The number of likely N-dealkylation sites (tertiary alicyclic amines) is 1. The Morgan fingerprint density at radius 2 is 1.75 bits per heavy atom. The Morgan fingerprint density at radius 1 is 1.00 bits per heavy atom. The van der Waals surface area contributed by atoms with Gasteiger partial charge in [-0.3, -0.25) is 4.79 Å². The molecule has 2 aromatic carbocycles. The lowest BCUT2D eigenvalue weighted by Crippen LogP contribution is -2.54. The first-order chi connectivity index (χ1) is 13.6. The lowest BCUT2D eigenvalue weighted by Gasteiger charge is -2.44. The Morgan fingerprint density at radius 3 is 2.46 bits per heavy atom. The number of hydrogen-bond acceptors (Lipinski definition) is 3. The van der Waals surface area contributed by atoms with Crippen molar-refractivity contribution in [1.82, 2.24) is 9.80 Å². The summed E-state index contributed by atoms with van der Waals surface area (Å²) in [6, 6.07) is 16.5. The van der Waals surface area contributed by atoms with Gasteiger partial charge in [0.2, 0.25) is 0 Å². The van der Waals surface area contributed by atoms with Crippen LogP contribution >= 0.6 is 23.4 Å². The predicted octanol–water partition coefficient (Wildman–Crippen LogP) is 4.55. The van der Waals surface area contributed by atoms with E-state index in [1.165, 1.54) is 0 Å². The highest BCUT2D eigenvalue weighted by Crippen LogP contribution is 2.44. The van der Waals surface area contributed by atoms with Crippen molar-refractivity contribution in [1.29, 1.82) is 0 Å². The van der Waals surface area contributed by atoms with Gasteiger partial charge in [-0.2, -0.15) is 0 Å². The molecule has 7 heteroatoms. The first kappa shape index (κ1) is 19.2. The minimum Gasteiger partial charge on any atom is -0.324 e. The van der Waals surface area contributed by atoms with E-state index in [4.69, 9.17) is 11.6 Å². The number of nitrogens with one attached hydrogen (secondary N) is 1. The number of anilines is 1. The molecule has 2 saturated heterocycles. The number of rotatable bonds is 2. The summed E-state index contributed by atoms with van der Waals surface area (Å²) in [5.74, 6) is 0.942. The Balaban J connectivity index is 1.42. The van der Waals surface area contributed by atoms with E-state index in [1.54, 1.807) is 12.1 Å². The van der Waals surface area contributed by atoms with E-state index in [0.29, 0.717) is 23.7 Å². The number of carbonyl (C=O) groups is 2. The Kier molecular flexibility index (Phi) is 5.51. The van der Waals surface area contributed by atoms with Crippen molar-refractivity contribution in [2.45, 2.75) is 17.7 Å². The highest BCUT2D eigenvalue weighted by molar-refractivity contribution is 8.00. The van der Waals surface area contributed by atoms with E-state index in [0.717, 1.165) is 30.8 Å². The molecule has 3 amide bonds. The first-order valence-corrected chi connectivity index (χ1v) is 10.8. The molecule has 0 radical (unpaired) electrons. The van der Waals surface area contributed by atoms with E-state index in [9.17, 15) is 9.59 Å². The number of halogens is 1. The van der Waals surface area contributed by atoms with Crippen LogP contribution in [-0.2, 0) is 0 Å².